The van der Waals surface area contributed by atoms with Crippen molar-refractivity contribution in [3.8, 4) is 5.75 Å². The maximum absolute atomic E-state index is 13.3. The van der Waals surface area contributed by atoms with Crippen LogP contribution in [0, 0.1) is 6.92 Å². The molecule has 0 aliphatic carbocycles. The normalized spacial score (nSPS) is 17.9. The number of halogens is 4. The number of rotatable bonds is 4. The molecule has 1 aliphatic rings. The second-order valence-electron chi connectivity index (χ2n) is 7.25. The van der Waals surface area contributed by atoms with Crippen molar-refractivity contribution in [3.05, 3.63) is 76.4 Å². The number of aromatic nitrogens is 1. The van der Waals surface area contributed by atoms with Crippen molar-refractivity contribution >= 4 is 35.0 Å². The van der Waals surface area contributed by atoms with Crippen molar-refractivity contribution in [1.82, 2.24) is 4.68 Å². The van der Waals surface area contributed by atoms with Crippen molar-refractivity contribution in [2.45, 2.75) is 29.4 Å². The number of benzene rings is 2. The van der Waals surface area contributed by atoms with Crippen molar-refractivity contribution in [2.75, 3.05) is 17.9 Å². The minimum Gasteiger partial charge on any atom is -0.497 e. The smallest absolute Gasteiger partial charge is 0.416 e. The summed E-state index contributed by atoms with van der Waals surface area (Å²) >= 11 is 7.40. The molecular weight excluding hydrogens is 463 g/mol. The van der Waals surface area contributed by atoms with E-state index in [4.69, 9.17) is 16.3 Å². The molecule has 4 rings (SSSR count). The summed E-state index contributed by atoms with van der Waals surface area (Å²) in [5.41, 5.74) is 4.17. The Morgan fingerprint density at radius 3 is 2.53 bits per heavy atom. The molecule has 0 saturated carbocycles. The zero-order valence-corrected chi connectivity index (χ0v) is 18.6. The van der Waals surface area contributed by atoms with Crippen LogP contribution in [0.25, 0.3) is 0 Å². The van der Waals surface area contributed by atoms with E-state index in [-0.39, 0.29) is 10.7 Å². The van der Waals surface area contributed by atoms with E-state index in [1.807, 2.05) is 35.9 Å². The monoisotopic (exact) mass is 481 g/mol. The SMILES string of the molecule is COc1ccc([C@@H]2Nn3c(C)ccc3S[C@H]2C(=O)Nc2cc(C(F)(F)F)ccc2Cl)cc1. The highest BCUT2D eigenvalue weighted by Gasteiger charge is 2.37. The summed E-state index contributed by atoms with van der Waals surface area (Å²) in [7, 11) is 1.56. The van der Waals surface area contributed by atoms with Crippen molar-refractivity contribution in [1.29, 1.82) is 0 Å². The lowest BCUT2D eigenvalue weighted by Crippen LogP contribution is -2.41. The fraction of sp³-hybridized carbons (Fsp3) is 0.227. The molecule has 3 aromatic rings. The summed E-state index contributed by atoms with van der Waals surface area (Å²) in [4.78, 5) is 13.3. The average Bonchev–Trinajstić information content (AvgIpc) is 3.13. The number of anilines is 1. The van der Waals surface area contributed by atoms with Gasteiger partial charge in [0.1, 0.15) is 11.0 Å². The Morgan fingerprint density at radius 1 is 1.16 bits per heavy atom. The molecule has 10 heteroatoms. The number of carbonyl (C=O) groups is 1. The van der Waals surface area contributed by atoms with Gasteiger partial charge in [-0.2, -0.15) is 13.2 Å². The van der Waals surface area contributed by atoms with E-state index in [0.29, 0.717) is 5.75 Å². The molecule has 0 saturated heterocycles. The minimum atomic E-state index is -4.55. The van der Waals surface area contributed by atoms with Crippen LogP contribution in [-0.4, -0.2) is 22.9 Å². The van der Waals surface area contributed by atoms with Gasteiger partial charge in [-0.25, -0.2) is 0 Å². The van der Waals surface area contributed by atoms with Crippen molar-refractivity contribution in [2.24, 2.45) is 0 Å². The molecule has 2 aromatic carbocycles. The number of hydrogen-bond donors (Lipinski definition) is 2. The van der Waals surface area contributed by atoms with Gasteiger partial charge in [-0.3, -0.25) is 9.47 Å². The number of alkyl halides is 3. The van der Waals surface area contributed by atoms with Crippen LogP contribution < -0.4 is 15.5 Å². The third kappa shape index (κ3) is 4.40. The summed E-state index contributed by atoms with van der Waals surface area (Å²) in [6, 6.07) is 13.5. The van der Waals surface area contributed by atoms with Gasteiger partial charge in [0.25, 0.3) is 0 Å². The number of thioether (sulfide) groups is 1. The van der Waals surface area contributed by atoms with Gasteiger partial charge in [-0.15, -0.1) is 0 Å². The highest BCUT2D eigenvalue weighted by molar-refractivity contribution is 8.00. The molecule has 0 radical (unpaired) electrons. The molecule has 0 unspecified atom stereocenters. The fourth-order valence-electron chi connectivity index (χ4n) is 3.44. The van der Waals surface area contributed by atoms with Gasteiger partial charge in [0.2, 0.25) is 5.91 Å². The lowest BCUT2D eigenvalue weighted by atomic mass is 10.0. The quantitative estimate of drug-likeness (QED) is 0.489. The number of hydrogen-bond acceptors (Lipinski definition) is 4. The third-order valence-electron chi connectivity index (χ3n) is 5.14. The van der Waals surface area contributed by atoms with Crippen LogP contribution in [0.2, 0.25) is 5.02 Å². The van der Waals surface area contributed by atoms with Gasteiger partial charge in [0, 0.05) is 5.69 Å². The largest absolute Gasteiger partial charge is 0.497 e. The topological polar surface area (TPSA) is 55.3 Å². The Balaban J connectivity index is 1.67. The predicted molar refractivity (Wildman–Crippen MR) is 119 cm³/mol. The molecule has 5 nitrogen and oxygen atoms in total. The Morgan fingerprint density at radius 2 is 1.88 bits per heavy atom. The third-order valence-corrected chi connectivity index (χ3v) is 6.77. The van der Waals surface area contributed by atoms with E-state index in [1.165, 1.54) is 11.8 Å². The second-order valence-corrected chi connectivity index (χ2v) is 8.82. The number of methoxy groups -OCH3 is 1. The zero-order valence-electron chi connectivity index (χ0n) is 17.0. The maximum Gasteiger partial charge on any atom is 0.416 e. The Labute approximate surface area is 191 Å². The van der Waals surface area contributed by atoms with Crippen LogP contribution in [0.15, 0.2) is 59.6 Å². The van der Waals surface area contributed by atoms with Crippen LogP contribution in [0.4, 0.5) is 18.9 Å². The number of amides is 1. The van der Waals surface area contributed by atoms with E-state index in [0.717, 1.165) is 34.5 Å². The van der Waals surface area contributed by atoms with E-state index < -0.39 is 28.9 Å². The number of ether oxygens (including phenoxy) is 1. The van der Waals surface area contributed by atoms with Gasteiger partial charge in [0.05, 0.1) is 34.5 Å². The predicted octanol–water partition coefficient (Wildman–Crippen LogP) is 5.88. The highest BCUT2D eigenvalue weighted by atomic mass is 35.5. The molecule has 2 heterocycles. The first kappa shape index (κ1) is 22.4. The molecule has 0 fully saturated rings. The average molecular weight is 482 g/mol. The van der Waals surface area contributed by atoms with Gasteiger partial charge in [-0.05, 0) is 55.0 Å². The molecular formula is C22H19ClF3N3O2S. The summed E-state index contributed by atoms with van der Waals surface area (Å²) in [6.07, 6.45) is -4.55. The first-order chi connectivity index (χ1) is 15.2. The highest BCUT2D eigenvalue weighted by Crippen LogP contribution is 2.40. The van der Waals surface area contributed by atoms with Crippen LogP contribution in [-0.2, 0) is 11.0 Å². The van der Waals surface area contributed by atoms with Crippen LogP contribution >= 0.6 is 23.4 Å². The lowest BCUT2D eigenvalue weighted by molar-refractivity contribution is -0.137. The number of nitrogens with zero attached hydrogens (tertiary/aromatic N) is 1. The van der Waals surface area contributed by atoms with E-state index in [9.17, 15) is 18.0 Å². The van der Waals surface area contributed by atoms with Crippen molar-refractivity contribution < 1.29 is 22.7 Å². The van der Waals surface area contributed by atoms with Gasteiger partial charge in [0.15, 0.2) is 0 Å². The first-order valence-electron chi connectivity index (χ1n) is 9.60. The van der Waals surface area contributed by atoms with Crippen molar-refractivity contribution in [3.63, 3.8) is 0 Å². The number of aryl methyl sites for hydroxylation is 1. The Kier molecular flexibility index (Phi) is 6.05. The standard InChI is InChI=1S/C22H19ClF3N3O2S/c1-12-3-10-18-29(12)28-19(13-4-7-15(31-2)8-5-13)20(32-18)21(30)27-17-11-14(22(24,25)26)6-9-16(17)23/h3-11,19-20,28H,1-2H3,(H,27,30)/t19-,20+/m0/s1. The van der Waals surface area contributed by atoms with Crippen LogP contribution in [0.1, 0.15) is 22.9 Å². The molecule has 168 valence electrons. The minimum absolute atomic E-state index is 0.0281. The summed E-state index contributed by atoms with van der Waals surface area (Å²) in [6.45, 7) is 1.94. The van der Waals surface area contributed by atoms with Gasteiger partial charge >= 0.3 is 6.18 Å². The van der Waals surface area contributed by atoms with Gasteiger partial charge < -0.3 is 15.5 Å². The Bertz CT molecular complexity index is 1150. The molecule has 0 bridgehead atoms. The summed E-state index contributed by atoms with van der Waals surface area (Å²) in [5, 5.41) is 2.77. The maximum atomic E-state index is 13.3. The summed E-state index contributed by atoms with van der Waals surface area (Å²) < 4.78 is 46.5. The molecule has 0 spiro atoms. The molecule has 2 atom stereocenters. The number of nitrogens with one attached hydrogen (secondary N) is 2. The number of carbonyl (C=O) groups excluding carboxylic acids is 1. The molecule has 1 amide bonds. The fourth-order valence-corrected chi connectivity index (χ4v) is 4.84. The van der Waals surface area contributed by atoms with Crippen LogP contribution in [0.5, 0.6) is 5.75 Å². The lowest BCUT2D eigenvalue weighted by Gasteiger charge is -2.34. The van der Waals surface area contributed by atoms with E-state index in [2.05, 4.69) is 10.7 Å². The van der Waals surface area contributed by atoms with E-state index >= 15 is 0 Å². The van der Waals surface area contributed by atoms with E-state index in [1.54, 1.807) is 19.2 Å². The number of fused-ring (bicyclic) bond motifs is 1. The summed E-state index contributed by atoms with van der Waals surface area (Å²) in [5.74, 6) is 0.210. The molecule has 1 aromatic heterocycles. The first-order valence-corrected chi connectivity index (χ1v) is 10.9. The zero-order chi connectivity index (χ0) is 23.0. The van der Waals surface area contributed by atoms with Gasteiger partial charge in [-0.1, -0.05) is 35.5 Å². The molecule has 32 heavy (non-hydrogen) atoms. The van der Waals surface area contributed by atoms with Crippen LogP contribution in [0.3, 0.4) is 0 Å². The molecule has 2 N–H and O–H groups in total. The molecule has 1 aliphatic heterocycles. The second kappa shape index (κ2) is 8.63. The Hall–Kier alpha value is -2.78.